The fourth-order valence-corrected chi connectivity index (χ4v) is 2.02. The molecule has 0 unspecified atom stereocenters. The summed E-state index contributed by atoms with van der Waals surface area (Å²) >= 11 is 0. The first-order chi connectivity index (χ1) is 8.74. The van der Waals surface area contributed by atoms with Gasteiger partial charge in [0.2, 0.25) is 0 Å². The SMILES string of the molecule is Cc1cc2c(c(=O)o1)CC=C(c1ccccc1)O2. The van der Waals surface area contributed by atoms with E-state index < -0.39 is 0 Å². The van der Waals surface area contributed by atoms with Crippen molar-refractivity contribution in [2.75, 3.05) is 0 Å². The molecule has 2 heterocycles. The molecule has 3 rings (SSSR count). The van der Waals surface area contributed by atoms with Gasteiger partial charge in [0, 0.05) is 18.1 Å². The Morgan fingerprint density at radius 2 is 1.94 bits per heavy atom. The van der Waals surface area contributed by atoms with Crippen LogP contribution in [0.25, 0.3) is 5.76 Å². The van der Waals surface area contributed by atoms with Crippen LogP contribution < -0.4 is 10.4 Å². The van der Waals surface area contributed by atoms with Crippen LogP contribution in [0.15, 0.2) is 51.7 Å². The summed E-state index contributed by atoms with van der Waals surface area (Å²) in [5.74, 6) is 1.95. The minimum absolute atomic E-state index is 0.312. The second-order valence-electron chi connectivity index (χ2n) is 4.23. The van der Waals surface area contributed by atoms with Crippen molar-refractivity contribution in [1.82, 2.24) is 0 Å². The third-order valence-corrected chi connectivity index (χ3v) is 2.90. The van der Waals surface area contributed by atoms with E-state index in [4.69, 9.17) is 9.15 Å². The second kappa shape index (κ2) is 4.18. The Bertz CT molecular complexity index is 666. The van der Waals surface area contributed by atoms with Crippen molar-refractivity contribution in [2.45, 2.75) is 13.3 Å². The van der Waals surface area contributed by atoms with Crippen LogP contribution in [0.2, 0.25) is 0 Å². The highest BCUT2D eigenvalue weighted by Crippen LogP contribution is 2.29. The van der Waals surface area contributed by atoms with Crippen molar-refractivity contribution in [3.63, 3.8) is 0 Å². The van der Waals surface area contributed by atoms with Crippen LogP contribution in [0.3, 0.4) is 0 Å². The van der Waals surface area contributed by atoms with Gasteiger partial charge in [-0.3, -0.25) is 0 Å². The number of rotatable bonds is 1. The Hall–Kier alpha value is -2.29. The average molecular weight is 240 g/mol. The third-order valence-electron chi connectivity index (χ3n) is 2.90. The van der Waals surface area contributed by atoms with Gasteiger partial charge in [-0.15, -0.1) is 0 Å². The molecule has 0 saturated heterocycles. The van der Waals surface area contributed by atoms with Crippen LogP contribution in [0.5, 0.6) is 5.75 Å². The zero-order valence-corrected chi connectivity index (χ0v) is 9.97. The lowest BCUT2D eigenvalue weighted by atomic mass is 10.1. The summed E-state index contributed by atoms with van der Waals surface area (Å²) in [5, 5.41) is 0. The Balaban J connectivity index is 2.02. The normalized spacial score (nSPS) is 13.5. The van der Waals surface area contributed by atoms with Crippen molar-refractivity contribution in [2.24, 2.45) is 0 Å². The van der Waals surface area contributed by atoms with E-state index >= 15 is 0 Å². The second-order valence-corrected chi connectivity index (χ2v) is 4.23. The number of aryl methyl sites for hydroxylation is 1. The van der Waals surface area contributed by atoms with Gasteiger partial charge >= 0.3 is 5.63 Å². The highest BCUT2D eigenvalue weighted by Gasteiger charge is 2.18. The smallest absolute Gasteiger partial charge is 0.343 e. The summed E-state index contributed by atoms with van der Waals surface area (Å²) in [5.41, 5.74) is 1.28. The quantitative estimate of drug-likeness (QED) is 0.769. The minimum atomic E-state index is -0.312. The molecule has 18 heavy (non-hydrogen) atoms. The van der Waals surface area contributed by atoms with Gasteiger partial charge in [-0.2, -0.15) is 0 Å². The van der Waals surface area contributed by atoms with Crippen molar-refractivity contribution in [3.8, 4) is 5.75 Å². The van der Waals surface area contributed by atoms with Gasteiger partial charge in [0.1, 0.15) is 17.3 Å². The monoisotopic (exact) mass is 240 g/mol. The number of hydrogen-bond acceptors (Lipinski definition) is 3. The van der Waals surface area contributed by atoms with Crippen LogP contribution in [0, 0.1) is 6.92 Å². The summed E-state index contributed by atoms with van der Waals surface area (Å²) in [4.78, 5) is 11.7. The molecule has 1 aliphatic heterocycles. The summed E-state index contributed by atoms with van der Waals surface area (Å²) in [6.07, 6.45) is 2.45. The van der Waals surface area contributed by atoms with Gasteiger partial charge in [-0.1, -0.05) is 30.3 Å². The summed E-state index contributed by atoms with van der Waals surface area (Å²) < 4.78 is 10.8. The zero-order chi connectivity index (χ0) is 12.5. The minimum Gasteiger partial charge on any atom is -0.456 e. The lowest BCUT2D eigenvalue weighted by Gasteiger charge is -2.17. The molecule has 0 atom stereocenters. The molecule has 0 bridgehead atoms. The van der Waals surface area contributed by atoms with E-state index in [-0.39, 0.29) is 5.63 Å². The number of fused-ring (bicyclic) bond motifs is 1. The van der Waals surface area contributed by atoms with Crippen molar-refractivity contribution >= 4 is 5.76 Å². The molecule has 3 heteroatoms. The molecule has 3 nitrogen and oxygen atoms in total. The molecule has 0 saturated carbocycles. The molecule has 0 aliphatic carbocycles. The van der Waals surface area contributed by atoms with E-state index in [2.05, 4.69) is 0 Å². The van der Waals surface area contributed by atoms with Gasteiger partial charge in [0.15, 0.2) is 0 Å². The predicted molar refractivity (Wildman–Crippen MR) is 68.5 cm³/mol. The first-order valence-electron chi connectivity index (χ1n) is 5.81. The van der Waals surface area contributed by atoms with Gasteiger partial charge in [0.25, 0.3) is 0 Å². The van der Waals surface area contributed by atoms with E-state index in [1.165, 1.54) is 0 Å². The molecule has 90 valence electrons. The number of allylic oxidation sites excluding steroid dienone is 1. The molecule has 0 N–H and O–H groups in total. The van der Waals surface area contributed by atoms with Crippen LogP contribution in [-0.2, 0) is 6.42 Å². The Kier molecular flexibility index (Phi) is 2.52. The fourth-order valence-electron chi connectivity index (χ4n) is 2.02. The van der Waals surface area contributed by atoms with E-state index in [0.717, 1.165) is 11.3 Å². The third kappa shape index (κ3) is 1.84. The zero-order valence-electron chi connectivity index (χ0n) is 9.97. The summed E-state index contributed by atoms with van der Waals surface area (Å²) in [6.45, 7) is 1.74. The van der Waals surface area contributed by atoms with Crippen molar-refractivity contribution in [1.29, 1.82) is 0 Å². The van der Waals surface area contributed by atoms with Gasteiger partial charge < -0.3 is 9.15 Å². The van der Waals surface area contributed by atoms with Crippen LogP contribution in [0.4, 0.5) is 0 Å². The highest BCUT2D eigenvalue weighted by molar-refractivity contribution is 5.64. The maximum atomic E-state index is 11.7. The topological polar surface area (TPSA) is 39.4 Å². The molecule has 1 aromatic carbocycles. The predicted octanol–water partition coefficient (Wildman–Crippen LogP) is 2.92. The van der Waals surface area contributed by atoms with Crippen LogP contribution in [-0.4, -0.2) is 0 Å². The fraction of sp³-hybridized carbons (Fsp3) is 0.133. The molecule has 0 radical (unpaired) electrons. The molecular formula is C15H12O3. The van der Waals surface area contributed by atoms with Gasteiger partial charge in [-0.05, 0) is 13.0 Å². The lowest BCUT2D eigenvalue weighted by Crippen LogP contribution is -2.14. The summed E-state index contributed by atoms with van der Waals surface area (Å²) in [7, 11) is 0. The molecule has 0 amide bonds. The summed E-state index contributed by atoms with van der Waals surface area (Å²) in [6, 6.07) is 11.6. The molecule has 2 aromatic rings. The van der Waals surface area contributed by atoms with Crippen molar-refractivity contribution < 1.29 is 9.15 Å². The van der Waals surface area contributed by atoms with E-state index in [1.54, 1.807) is 13.0 Å². The molecule has 0 fully saturated rings. The van der Waals surface area contributed by atoms with Gasteiger partial charge in [0.05, 0.1) is 5.56 Å². The van der Waals surface area contributed by atoms with E-state index in [0.29, 0.717) is 23.5 Å². The molecule has 1 aromatic heterocycles. The van der Waals surface area contributed by atoms with Gasteiger partial charge in [-0.25, -0.2) is 4.79 Å². The largest absolute Gasteiger partial charge is 0.456 e. The molecule has 0 spiro atoms. The Morgan fingerprint density at radius 3 is 2.72 bits per heavy atom. The number of hydrogen-bond donors (Lipinski definition) is 0. The van der Waals surface area contributed by atoms with Crippen LogP contribution in [0.1, 0.15) is 16.9 Å². The first kappa shape index (κ1) is 10.8. The Morgan fingerprint density at radius 1 is 1.17 bits per heavy atom. The van der Waals surface area contributed by atoms with E-state index in [1.807, 2.05) is 36.4 Å². The number of benzene rings is 1. The highest BCUT2D eigenvalue weighted by atomic mass is 16.5. The maximum absolute atomic E-state index is 11.7. The average Bonchev–Trinajstić information content (AvgIpc) is 2.39. The molecule has 1 aliphatic rings. The number of ether oxygens (including phenoxy) is 1. The molecular weight excluding hydrogens is 228 g/mol. The first-order valence-corrected chi connectivity index (χ1v) is 5.81. The maximum Gasteiger partial charge on any atom is 0.343 e. The standard InChI is InChI=1S/C15H12O3/c1-10-9-14-12(15(16)17-10)7-8-13(18-14)11-5-3-2-4-6-11/h2-6,8-9H,7H2,1H3. The van der Waals surface area contributed by atoms with Crippen molar-refractivity contribution in [3.05, 3.63) is 69.8 Å². The van der Waals surface area contributed by atoms with E-state index in [9.17, 15) is 4.79 Å². The Labute approximate surface area is 104 Å². The lowest BCUT2D eigenvalue weighted by molar-refractivity contribution is 0.436. The van der Waals surface area contributed by atoms with Crippen LogP contribution >= 0.6 is 0 Å².